The van der Waals surface area contributed by atoms with Crippen LogP contribution in [0.15, 0.2) is 42.5 Å². The molecule has 39 heavy (non-hydrogen) atoms. The first-order valence-corrected chi connectivity index (χ1v) is 14.5. The highest BCUT2D eigenvalue weighted by atomic mass is 16.5. The largest absolute Gasteiger partial charge is 0.495 e. The summed E-state index contributed by atoms with van der Waals surface area (Å²) >= 11 is 0. The van der Waals surface area contributed by atoms with Crippen LogP contribution in [-0.2, 0) is 4.79 Å². The van der Waals surface area contributed by atoms with E-state index in [-0.39, 0.29) is 17.2 Å². The number of benzene rings is 2. The molecule has 2 amide bonds. The Bertz CT molecular complexity index is 1130. The van der Waals surface area contributed by atoms with E-state index in [4.69, 9.17) is 4.74 Å². The van der Waals surface area contributed by atoms with E-state index in [9.17, 15) is 9.59 Å². The van der Waals surface area contributed by atoms with E-state index >= 15 is 0 Å². The summed E-state index contributed by atoms with van der Waals surface area (Å²) in [5.74, 6) is 1.23. The van der Waals surface area contributed by atoms with Crippen molar-refractivity contribution in [2.24, 2.45) is 11.3 Å². The van der Waals surface area contributed by atoms with Gasteiger partial charge in [-0.2, -0.15) is 0 Å². The van der Waals surface area contributed by atoms with Gasteiger partial charge in [-0.25, -0.2) is 0 Å². The number of piperidine rings is 1. The number of nitrogens with zero attached hydrogens (tertiary/aromatic N) is 3. The van der Waals surface area contributed by atoms with Gasteiger partial charge in [0, 0.05) is 57.1 Å². The van der Waals surface area contributed by atoms with E-state index in [1.165, 1.54) is 6.42 Å². The van der Waals surface area contributed by atoms with Crippen LogP contribution in [0.25, 0.3) is 0 Å². The SMILES string of the molecule is COc1ccccc1N1CCN(c2ccc(NC(=O)CC(C)CC(C)(C)C)cc2C(=O)N2CCCCC2)CC1. The Kier molecular flexibility index (Phi) is 9.41. The van der Waals surface area contributed by atoms with Crippen molar-refractivity contribution in [2.75, 3.05) is 61.5 Å². The number of nitrogens with one attached hydrogen (secondary N) is 1. The van der Waals surface area contributed by atoms with E-state index in [0.717, 1.165) is 75.7 Å². The summed E-state index contributed by atoms with van der Waals surface area (Å²) in [6, 6.07) is 14.0. The maximum atomic E-state index is 13.8. The van der Waals surface area contributed by atoms with Crippen molar-refractivity contribution in [1.29, 1.82) is 0 Å². The molecule has 1 unspecified atom stereocenters. The van der Waals surface area contributed by atoms with Crippen molar-refractivity contribution >= 4 is 28.9 Å². The highest BCUT2D eigenvalue weighted by Gasteiger charge is 2.27. The number of carbonyl (C=O) groups excluding carboxylic acids is 2. The number of methoxy groups -OCH3 is 1. The highest BCUT2D eigenvalue weighted by Crippen LogP contribution is 2.32. The minimum atomic E-state index is 0.00120. The zero-order valence-electron chi connectivity index (χ0n) is 24.5. The van der Waals surface area contributed by atoms with Crippen LogP contribution in [0.1, 0.15) is 70.2 Å². The average Bonchev–Trinajstić information content (AvgIpc) is 2.92. The maximum Gasteiger partial charge on any atom is 0.256 e. The Morgan fingerprint density at radius 1 is 0.897 bits per heavy atom. The van der Waals surface area contributed by atoms with Gasteiger partial charge in [-0.3, -0.25) is 9.59 Å². The number of rotatable bonds is 8. The summed E-state index contributed by atoms with van der Waals surface area (Å²) < 4.78 is 5.58. The first-order valence-electron chi connectivity index (χ1n) is 14.5. The molecule has 2 aromatic rings. The Morgan fingerprint density at radius 2 is 1.54 bits per heavy atom. The molecule has 2 aliphatic rings. The van der Waals surface area contributed by atoms with Crippen LogP contribution in [0, 0.1) is 11.3 Å². The molecule has 0 spiro atoms. The second-order valence-electron chi connectivity index (χ2n) is 12.4. The number of ether oxygens (including phenoxy) is 1. The number of amides is 2. The number of anilines is 3. The maximum absolute atomic E-state index is 13.8. The number of hydrogen-bond donors (Lipinski definition) is 1. The first kappa shape index (κ1) is 28.8. The van der Waals surface area contributed by atoms with Gasteiger partial charge < -0.3 is 24.8 Å². The van der Waals surface area contributed by atoms with E-state index in [1.54, 1.807) is 7.11 Å². The van der Waals surface area contributed by atoms with Gasteiger partial charge in [-0.05, 0) is 67.3 Å². The zero-order valence-corrected chi connectivity index (χ0v) is 24.5. The molecule has 1 atom stereocenters. The van der Waals surface area contributed by atoms with Crippen molar-refractivity contribution in [2.45, 2.75) is 59.8 Å². The Labute approximate surface area is 234 Å². The van der Waals surface area contributed by atoms with Crippen LogP contribution >= 0.6 is 0 Å². The summed E-state index contributed by atoms with van der Waals surface area (Å²) in [6.45, 7) is 13.6. The summed E-state index contributed by atoms with van der Waals surface area (Å²) in [7, 11) is 1.71. The number of carbonyl (C=O) groups is 2. The lowest BCUT2D eigenvalue weighted by atomic mass is 9.84. The van der Waals surface area contributed by atoms with E-state index < -0.39 is 0 Å². The first-order chi connectivity index (χ1) is 18.6. The van der Waals surface area contributed by atoms with E-state index in [0.29, 0.717) is 23.6 Å². The molecule has 0 aromatic heterocycles. The molecule has 4 rings (SSSR count). The quantitative estimate of drug-likeness (QED) is 0.447. The lowest BCUT2D eigenvalue weighted by Gasteiger charge is -2.39. The van der Waals surface area contributed by atoms with Crippen molar-refractivity contribution in [1.82, 2.24) is 4.90 Å². The predicted octanol–water partition coefficient (Wildman–Crippen LogP) is 6.05. The fourth-order valence-electron chi connectivity index (χ4n) is 6.05. The number of para-hydroxylation sites is 2. The Hall–Kier alpha value is -3.22. The molecule has 0 aliphatic carbocycles. The number of hydrogen-bond acceptors (Lipinski definition) is 5. The fraction of sp³-hybridized carbons (Fsp3) is 0.562. The monoisotopic (exact) mass is 534 g/mol. The van der Waals surface area contributed by atoms with E-state index in [1.807, 2.05) is 41.3 Å². The molecule has 1 N–H and O–H groups in total. The molecule has 7 heteroatoms. The summed E-state index contributed by atoms with van der Waals surface area (Å²) in [5.41, 5.74) is 3.61. The lowest BCUT2D eigenvalue weighted by molar-refractivity contribution is -0.117. The molecule has 2 aliphatic heterocycles. The molecule has 212 valence electrons. The van der Waals surface area contributed by atoms with Crippen LogP contribution in [0.4, 0.5) is 17.1 Å². The molecule has 2 aromatic carbocycles. The van der Waals surface area contributed by atoms with Gasteiger partial charge in [-0.1, -0.05) is 39.8 Å². The molecule has 2 heterocycles. The van der Waals surface area contributed by atoms with Crippen LogP contribution in [0.2, 0.25) is 0 Å². The summed E-state index contributed by atoms with van der Waals surface area (Å²) in [4.78, 5) is 33.3. The van der Waals surface area contributed by atoms with Crippen LogP contribution in [0.5, 0.6) is 5.75 Å². The second-order valence-corrected chi connectivity index (χ2v) is 12.4. The third kappa shape index (κ3) is 7.68. The van der Waals surface area contributed by atoms with Gasteiger partial charge in [0.15, 0.2) is 0 Å². The van der Waals surface area contributed by atoms with E-state index in [2.05, 4.69) is 48.9 Å². The molecule has 7 nitrogen and oxygen atoms in total. The summed E-state index contributed by atoms with van der Waals surface area (Å²) in [6.07, 6.45) is 4.71. The molecule has 0 bridgehead atoms. The molecule has 0 radical (unpaired) electrons. The minimum absolute atomic E-state index is 0.00120. The van der Waals surface area contributed by atoms with Gasteiger partial charge in [0.2, 0.25) is 5.91 Å². The van der Waals surface area contributed by atoms with Crippen LogP contribution in [-0.4, -0.2) is 63.1 Å². The zero-order chi connectivity index (χ0) is 28.0. The minimum Gasteiger partial charge on any atom is -0.495 e. The smallest absolute Gasteiger partial charge is 0.256 e. The van der Waals surface area contributed by atoms with Gasteiger partial charge >= 0.3 is 0 Å². The van der Waals surface area contributed by atoms with Gasteiger partial charge in [0.25, 0.3) is 5.91 Å². The third-order valence-corrected chi connectivity index (χ3v) is 7.69. The molecule has 2 saturated heterocycles. The van der Waals surface area contributed by atoms with Gasteiger partial charge in [-0.15, -0.1) is 0 Å². The number of piperazine rings is 1. The molecular formula is C32H46N4O3. The Balaban J connectivity index is 1.51. The van der Waals surface area contributed by atoms with Gasteiger partial charge in [0.1, 0.15) is 5.75 Å². The van der Waals surface area contributed by atoms with Crippen molar-refractivity contribution in [3.63, 3.8) is 0 Å². The molecule has 2 fully saturated rings. The molecular weight excluding hydrogens is 488 g/mol. The lowest BCUT2D eigenvalue weighted by Crippen LogP contribution is -2.47. The fourth-order valence-corrected chi connectivity index (χ4v) is 6.05. The highest BCUT2D eigenvalue weighted by molar-refractivity contribution is 6.02. The normalized spacial score (nSPS) is 17.1. The Morgan fingerprint density at radius 3 is 2.18 bits per heavy atom. The van der Waals surface area contributed by atoms with Crippen molar-refractivity contribution in [3.05, 3.63) is 48.0 Å². The topological polar surface area (TPSA) is 65.1 Å². The standard InChI is InChI=1S/C32H46N4O3/c1-24(23-32(2,3)4)21-30(37)33-25-13-14-27(26(22-25)31(38)36-15-9-6-10-16-36)34-17-19-35(20-18-34)28-11-7-8-12-29(28)39-5/h7-8,11-14,22,24H,6,9-10,15-21,23H2,1-5H3,(H,33,37). The summed E-state index contributed by atoms with van der Waals surface area (Å²) in [5, 5.41) is 3.08. The van der Waals surface area contributed by atoms with Crippen LogP contribution in [0.3, 0.4) is 0 Å². The van der Waals surface area contributed by atoms with Gasteiger partial charge in [0.05, 0.1) is 18.4 Å². The molecule has 0 saturated carbocycles. The second kappa shape index (κ2) is 12.8. The number of likely N-dealkylation sites (tertiary alicyclic amines) is 1. The van der Waals surface area contributed by atoms with Crippen molar-refractivity contribution < 1.29 is 14.3 Å². The predicted molar refractivity (Wildman–Crippen MR) is 160 cm³/mol. The van der Waals surface area contributed by atoms with Crippen LogP contribution < -0.4 is 19.9 Å². The third-order valence-electron chi connectivity index (χ3n) is 7.69. The average molecular weight is 535 g/mol. The van der Waals surface area contributed by atoms with Crippen molar-refractivity contribution in [3.8, 4) is 5.75 Å².